The molecule has 0 spiro atoms. The summed E-state index contributed by atoms with van der Waals surface area (Å²) < 4.78 is 17.0. The number of hydrogen-bond donors (Lipinski definition) is 0. The Balaban J connectivity index is 0. The molecule has 0 bridgehead atoms. The summed E-state index contributed by atoms with van der Waals surface area (Å²) in [6.45, 7) is 4.75. The molecule has 0 aliphatic carbocycles. The molecule has 0 saturated carbocycles. The molecule has 0 aromatic heterocycles. The van der Waals surface area contributed by atoms with Crippen LogP contribution in [0.4, 0.5) is 0 Å². The van der Waals surface area contributed by atoms with Gasteiger partial charge in [-0.3, -0.25) is 0 Å². The van der Waals surface area contributed by atoms with Crippen LogP contribution in [0.5, 0.6) is 0 Å². The van der Waals surface area contributed by atoms with Gasteiger partial charge in [0.1, 0.15) is 0 Å². The van der Waals surface area contributed by atoms with E-state index in [9.17, 15) is 0 Å². The predicted molar refractivity (Wildman–Crippen MR) is 6.34 cm³/mol. The fourth-order valence-corrected chi connectivity index (χ4v) is 0. The second-order valence-corrected chi connectivity index (χ2v) is 0.344. The van der Waals surface area contributed by atoms with Crippen molar-refractivity contribution in [1.29, 1.82) is 5.26 Å². The molecular formula is CNO2Ti-. The second-order valence-electron chi connectivity index (χ2n) is 0.0833. The molecule has 0 fully saturated rings. The first-order chi connectivity index (χ1) is 2.41. The quantitative estimate of drug-likeness (QED) is 0.318. The summed E-state index contributed by atoms with van der Waals surface area (Å²) in [5.41, 5.74) is 0. The van der Waals surface area contributed by atoms with E-state index in [1.807, 2.05) is 0 Å². The first-order valence-electron chi connectivity index (χ1n) is 0.632. The summed E-state index contributed by atoms with van der Waals surface area (Å²) in [7, 11) is 0. The van der Waals surface area contributed by atoms with E-state index < -0.39 is 19.1 Å². The van der Waals surface area contributed by atoms with Gasteiger partial charge in [0.05, 0.1) is 0 Å². The van der Waals surface area contributed by atoms with Crippen LogP contribution >= 0.6 is 0 Å². The van der Waals surface area contributed by atoms with Crippen molar-refractivity contribution >= 4 is 0 Å². The Bertz CT molecular complexity index is 51.9. The molecule has 0 unspecified atom stereocenters. The van der Waals surface area contributed by atoms with Crippen molar-refractivity contribution in [2.45, 2.75) is 0 Å². The summed E-state index contributed by atoms with van der Waals surface area (Å²) in [5, 5.41) is 6.25. The topological polar surface area (TPSA) is 57.9 Å². The normalized spacial score (nSPS) is 2.00. The van der Waals surface area contributed by atoms with Gasteiger partial charge in [0.15, 0.2) is 0 Å². The van der Waals surface area contributed by atoms with Crippen LogP contribution in [0.15, 0.2) is 0 Å². The van der Waals surface area contributed by atoms with Crippen LogP contribution in [-0.2, 0) is 25.7 Å². The van der Waals surface area contributed by atoms with Crippen LogP contribution in [-0.4, -0.2) is 0 Å². The Labute approximate surface area is 38.2 Å². The van der Waals surface area contributed by atoms with Gasteiger partial charge in [0.2, 0.25) is 0 Å². The molecule has 0 aliphatic rings. The second kappa shape index (κ2) is 46.2. The van der Waals surface area contributed by atoms with E-state index in [0.29, 0.717) is 0 Å². The molecule has 0 rings (SSSR count). The third-order valence-corrected chi connectivity index (χ3v) is 0. The van der Waals surface area contributed by atoms with Gasteiger partial charge in [0.25, 0.3) is 0 Å². The Hall–Kier alpha value is -0.196. The van der Waals surface area contributed by atoms with Crippen molar-refractivity contribution in [3.8, 4) is 0 Å². The minimum absolute atomic E-state index is 2.00. The first-order valence-corrected chi connectivity index (χ1v) is 1.91. The van der Waals surface area contributed by atoms with E-state index in [-0.39, 0.29) is 0 Å². The number of rotatable bonds is 0. The Morgan fingerprint density at radius 1 is 1.40 bits per heavy atom. The molecule has 26 valence electrons. The van der Waals surface area contributed by atoms with Crippen molar-refractivity contribution in [3.63, 3.8) is 0 Å². The molecule has 0 aliphatic heterocycles. The number of nitrogens with zero attached hydrogens (tertiary/aromatic N) is 1. The molecule has 0 amide bonds. The first kappa shape index (κ1) is 8.84. The van der Waals surface area contributed by atoms with Crippen LogP contribution in [0.2, 0.25) is 0 Å². The predicted octanol–water partition coefficient (Wildman–Crippen LogP) is -0.144. The van der Waals surface area contributed by atoms with E-state index in [1.165, 1.54) is 0 Å². The van der Waals surface area contributed by atoms with Crippen molar-refractivity contribution < 1.29 is 25.7 Å². The van der Waals surface area contributed by atoms with Gasteiger partial charge in [-0.15, -0.1) is 0 Å². The van der Waals surface area contributed by atoms with E-state index in [0.717, 1.165) is 0 Å². The maximum atomic E-state index is 8.50. The maximum absolute atomic E-state index is 8.50. The van der Waals surface area contributed by atoms with Crippen LogP contribution in [0, 0.1) is 11.8 Å². The van der Waals surface area contributed by atoms with Crippen molar-refractivity contribution in [2.75, 3.05) is 0 Å². The minimum atomic E-state index is -2.00. The molecule has 4 heteroatoms. The summed E-state index contributed by atoms with van der Waals surface area (Å²) in [6, 6.07) is 0. The summed E-state index contributed by atoms with van der Waals surface area (Å²) >= 11 is -2.00. The molecule has 0 saturated heterocycles. The molecule has 0 aromatic carbocycles. The van der Waals surface area contributed by atoms with Gasteiger partial charge in [-0.1, -0.05) is 0 Å². The fourth-order valence-electron chi connectivity index (χ4n) is 0. The van der Waals surface area contributed by atoms with Gasteiger partial charge in [0, 0.05) is 0 Å². The SMILES string of the molecule is [C-]#N.[O]=[Ti]=[O]. The molecular weight excluding hydrogens is 106 g/mol. The zero-order chi connectivity index (χ0) is 4.71. The molecule has 0 N–H and O–H groups in total. The van der Waals surface area contributed by atoms with E-state index in [4.69, 9.17) is 18.5 Å². The molecule has 5 heavy (non-hydrogen) atoms. The van der Waals surface area contributed by atoms with Crippen LogP contribution in [0.25, 0.3) is 0 Å². The van der Waals surface area contributed by atoms with Gasteiger partial charge >= 0.3 is 25.7 Å². The van der Waals surface area contributed by atoms with Gasteiger partial charge in [-0.05, 0) is 0 Å². The third kappa shape index (κ3) is 323. The van der Waals surface area contributed by atoms with Gasteiger partial charge in [-0.2, -0.15) is 0 Å². The Morgan fingerprint density at radius 2 is 1.40 bits per heavy atom. The average molecular weight is 106 g/mol. The van der Waals surface area contributed by atoms with Crippen molar-refractivity contribution in [2.24, 2.45) is 0 Å². The third-order valence-electron chi connectivity index (χ3n) is 0. The molecule has 0 radical (unpaired) electrons. The summed E-state index contributed by atoms with van der Waals surface area (Å²) in [6.07, 6.45) is 0. The zero-order valence-corrected chi connectivity index (χ0v) is 3.83. The molecule has 3 nitrogen and oxygen atoms in total. The van der Waals surface area contributed by atoms with Crippen LogP contribution < -0.4 is 0 Å². The van der Waals surface area contributed by atoms with E-state index in [2.05, 4.69) is 0 Å². The van der Waals surface area contributed by atoms with Crippen molar-refractivity contribution in [3.05, 3.63) is 6.57 Å². The van der Waals surface area contributed by atoms with E-state index >= 15 is 0 Å². The monoisotopic (exact) mass is 106 g/mol. The summed E-state index contributed by atoms with van der Waals surface area (Å²) in [5.74, 6) is 0. The average Bonchev–Trinajstić information content (AvgIpc) is 1.46. The van der Waals surface area contributed by atoms with Crippen molar-refractivity contribution in [1.82, 2.24) is 0 Å². The molecule has 0 aromatic rings. The standard InChI is InChI=1S/CN.2O.Ti/c1-2;;;/q-1;;;. The van der Waals surface area contributed by atoms with Crippen LogP contribution in [0.1, 0.15) is 0 Å². The summed E-state index contributed by atoms with van der Waals surface area (Å²) in [4.78, 5) is 0. The number of hydrogen-bond acceptors (Lipinski definition) is 3. The molecule has 0 heterocycles. The Kier molecular flexibility index (Phi) is 81.8. The van der Waals surface area contributed by atoms with E-state index in [1.54, 1.807) is 0 Å². The Morgan fingerprint density at radius 3 is 1.40 bits per heavy atom. The fraction of sp³-hybridized carbons (Fsp3) is 0. The van der Waals surface area contributed by atoms with Crippen LogP contribution in [0.3, 0.4) is 0 Å². The van der Waals surface area contributed by atoms with Gasteiger partial charge in [-0.25, -0.2) is 0 Å². The molecule has 0 atom stereocenters. The zero-order valence-electron chi connectivity index (χ0n) is 2.26. The van der Waals surface area contributed by atoms with Gasteiger partial charge < -0.3 is 11.8 Å².